The van der Waals surface area contributed by atoms with E-state index < -0.39 is 0 Å². The molecular weight excluding hydrogens is 273 g/mol. The molecule has 0 unspecified atom stereocenters. The molecule has 6 heteroatoms. The molecule has 1 rings (SSSR count). The van der Waals surface area contributed by atoms with Crippen molar-refractivity contribution in [3.8, 4) is 0 Å². The summed E-state index contributed by atoms with van der Waals surface area (Å²) in [5, 5.41) is 5.86. The van der Waals surface area contributed by atoms with Gasteiger partial charge in [0.2, 0.25) is 5.91 Å². The lowest BCUT2D eigenvalue weighted by atomic mass is 10.2. The highest BCUT2D eigenvalue weighted by Crippen LogP contribution is 2.23. The van der Waals surface area contributed by atoms with Gasteiger partial charge in [0, 0.05) is 27.1 Å². The van der Waals surface area contributed by atoms with E-state index in [1.54, 1.807) is 0 Å². The van der Waals surface area contributed by atoms with E-state index in [9.17, 15) is 4.79 Å². The molecule has 0 saturated carbocycles. The predicted molar refractivity (Wildman–Crippen MR) is 82.4 cm³/mol. The van der Waals surface area contributed by atoms with Crippen LogP contribution in [-0.2, 0) is 4.79 Å². The fourth-order valence-corrected chi connectivity index (χ4v) is 1.42. The first-order valence-corrected chi connectivity index (χ1v) is 5.36. The molecule has 0 fully saturated rings. The van der Waals surface area contributed by atoms with E-state index in [4.69, 9.17) is 0 Å². The lowest BCUT2D eigenvalue weighted by Crippen LogP contribution is -2.20. The van der Waals surface area contributed by atoms with Crippen LogP contribution in [0.2, 0.25) is 0 Å². The highest BCUT2D eigenvalue weighted by atomic mass is 35.5. The number of nitrogens with one attached hydrogen (secondary N) is 2. The summed E-state index contributed by atoms with van der Waals surface area (Å²) in [6.07, 6.45) is 0.484. The molecule has 104 valence electrons. The number of hydrogen-bond donors (Lipinski definition) is 2. The van der Waals surface area contributed by atoms with E-state index in [-0.39, 0.29) is 30.7 Å². The van der Waals surface area contributed by atoms with Gasteiger partial charge in [-0.05, 0) is 19.2 Å². The summed E-state index contributed by atoms with van der Waals surface area (Å²) in [4.78, 5) is 13.6. The molecule has 18 heavy (non-hydrogen) atoms. The van der Waals surface area contributed by atoms with Gasteiger partial charge in [0.1, 0.15) is 0 Å². The minimum absolute atomic E-state index is 0. The molecule has 0 aliphatic heterocycles. The first-order chi connectivity index (χ1) is 7.65. The Bertz CT molecular complexity index is 359. The number of amides is 1. The van der Waals surface area contributed by atoms with Gasteiger partial charge < -0.3 is 15.5 Å². The first kappa shape index (κ1) is 19.4. The third-order valence-electron chi connectivity index (χ3n) is 2.26. The fourth-order valence-electron chi connectivity index (χ4n) is 1.42. The Morgan fingerprint density at radius 3 is 2.39 bits per heavy atom. The highest BCUT2D eigenvalue weighted by Gasteiger charge is 2.06. The molecule has 1 aromatic carbocycles. The zero-order chi connectivity index (χ0) is 12.0. The van der Waals surface area contributed by atoms with Gasteiger partial charge in [-0.2, -0.15) is 0 Å². The minimum Gasteiger partial charge on any atom is -0.376 e. The lowest BCUT2D eigenvalue weighted by Gasteiger charge is -2.17. The summed E-state index contributed by atoms with van der Waals surface area (Å²) < 4.78 is 0. The van der Waals surface area contributed by atoms with Crippen LogP contribution in [0.1, 0.15) is 6.42 Å². The number of nitrogens with zero attached hydrogens (tertiary/aromatic N) is 1. The van der Waals surface area contributed by atoms with E-state index in [1.807, 2.05) is 50.3 Å². The Morgan fingerprint density at radius 1 is 1.22 bits per heavy atom. The molecule has 1 aromatic rings. The Balaban J connectivity index is 0. The van der Waals surface area contributed by atoms with E-state index in [0.717, 1.165) is 11.4 Å². The Hall–Kier alpha value is -0.970. The Morgan fingerprint density at radius 2 is 1.83 bits per heavy atom. The van der Waals surface area contributed by atoms with Gasteiger partial charge in [0.25, 0.3) is 0 Å². The van der Waals surface area contributed by atoms with Gasteiger partial charge in [-0.1, -0.05) is 12.1 Å². The number of rotatable bonds is 5. The molecule has 0 radical (unpaired) electrons. The maximum Gasteiger partial charge on any atom is 0.225 e. The van der Waals surface area contributed by atoms with Crippen LogP contribution in [0.25, 0.3) is 0 Å². The normalized spacial score (nSPS) is 8.83. The summed E-state index contributed by atoms with van der Waals surface area (Å²) >= 11 is 0. The molecule has 4 nitrogen and oxygen atoms in total. The number of carbonyl (C=O) groups excluding carboxylic acids is 1. The summed E-state index contributed by atoms with van der Waals surface area (Å²) in [6, 6.07) is 7.76. The summed E-state index contributed by atoms with van der Waals surface area (Å²) in [7, 11) is 5.75. The van der Waals surface area contributed by atoms with E-state index in [0.29, 0.717) is 13.0 Å². The van der Waals surface area contributed by atoms with Gasteiger partial charge in [-0.15, -0.1) is 24.8 Å². The molecule has 0 atom stereocenters. The van der Waals surface area contributed by atoms with Gasteiger partial charge >= 0.3 is 0 Å². The standard InChI is InChI=1S/C12H19N3O.2ClH/c1-13-9-8-12(16)14-10-6-4-5-7-11(10)15(2)3;;/h4-7,13H,8-9H2,1-3H3,(H,14,16);2*1H. The monoisotopic (exact) mass is 293 g/mol. The number of hydrogen-bond acceptors (Lipinski definition) is 3. The molecule has 0 aromatic heterocycles. The van der Waals surface area contributed by atoms with Crippen molar-refractivity contribution in [2.24, 2.45) is 0 Å². The van der Waals surface area contributed by atoms with Crippen molar-refractivity contribution in [1.82, 2.24) is 5.32 Å². The van der Waals surface area contributed by atoms with Gasteiger partial charge in [0.15, 0.2) is 0 Å². The van der Waals surface area contributed by atoms with Gasteiger partial charge in [-0.3, -0.25) is 4.79 Å². The van der Waals surface area contributed by atoms with Crippen LogP contribution < -0.4 is 15.5 Å². The maximum absolute atomic E-state index is 11.6. The van der Waals surface area contributed by atoms with Crippen molar-refractivity contribution >= 4 is 42.1 Å². The molecule has 0 spiro atoms. The minimum atomic E-state index is 0. The van der Waals surface area contributed by atoms with Crippen LogP contribution in [0, 0.1) is 0 Å². The molecule has 0 saturated heterocycles. The first-order valence-electron chi connectivity index (χ1n) is 5.36. The summed E-state index contributed by atoms with van der Waals surface area (Å²) in [5.74, 6) is 0.0312. The van der Waals surface area contributed by atoms with Crippen molar-refractivity contribution in [2.45, 2.75) is 6.42 Å². The van der Waals surface area contributed by atoms with Gasteiger partial charge in [-0.25, -0.2) is 0 Å². The third-order valence-corrected chi connectivity index (χ3v) is 2.26. The van der Waals surface area contributed by atoms with Crippen LogP contribution >= 0.6 is 24.8 Å². The number of benzene rings is 1. The Kier molecular flexibility index (Phi) is 10.8. The lowest BCUT2D eigenvalue weighted by molar-refractivity contribution is -0.116. The fraction of sp³-hybridized carbons (Fsp3) is 0.417. The average Bonchev–Trinajstić information content (AvgIpc) is 2.27. The number of halogens is 2. The average molecular weight is 294 g/mol. The van der Waals surface area contributed by atoms with Crippen molar-refractivity contribution in [3.05, 3.63) is 24.3 Å². The van der Waals surface area contributed by atoms with E-state index in [2.05, 4.69) is 10.6 Å². The van der Waals surface area contributed by atoms with Crippen LogP contribution in [0.4, 0.5) is 11.4 Å². The third kappa shape index (κ3) is 6.10. The second-order valence-electron chi connectivity index (χ2n) is 3.81. The molecule has 2 N–H and O–H groups in total. The predicted octanol–water partition coefficient (Wildman–Crippen LogP) is 2.14. The molecule has 0 bridgehead atoms. The largest absolute Gasteiger partial charge is 0.376 e. The molecule has 0 aliphatic rings. The van der Waals surface area contributed by atoms with Crippen LogP contribution in [0.3, 0.4) is 0 Å². The SMILES string of the molecule is CNCCC(=O)Nc1ccccc1N(C)C.Cl.Cl. The number of anilines is 2. The molecule has 1 amide bonds. The summed E-state index contributed by atoms with van der Waals surface area (Å²) in [6.45, 7) is 0.690. The topological polar surface area (TPSA) is 44.4 Å². The zero-order valence-corrected chi connectivity index (χ0v) is 12.5. The quantitative estimate of drug-likeness (QED) is 0.874. The van der Waals surface area contributed by atoms with E-state index >= 15 is 0 Å². The molecular formula is C12H21Cl2N3O. The number of para-hydroxylation sites is 2. The second kappa shape index (κ2) is 10.00. The smallest absolute Gasteiger partial charge is 0.225 e. The van der Waals surface area contributed by atoms with Crippen LogP contribution in [0.5, 0.6) is 0 Å². The second-order valence-corrected chi connectivity index (χ2v) is 3.81. The molecule has 0 aliphatic carbocycles. The van der Waals surface area contributed by atoms with Crippen molar-refractivity contribution in [3.63, 3.8) is 0 Å². The highest BCUT2D eigenvalue weighted by molar-refractivity contribution is 5.94. The van der Waals surface area contributed by atoms with Crippen molar-refractivity contribution in [2.75, 3.05) is 37.9 Å². The molecule has 0 heterocycles. The van der Waals surface area contributed by atoms with Crippen molar-refractivity contribution < 1.29 is 4.79 Å². The van der Waals surface area contributed by atoms with E-state index in [1.165, 1.54) is 0 Å². The van der Waals surface area contributed by atoms with Crippen molar-refractivity contribution in [1.29, 1.82) is 0 Å². The maximum atomic E-state index is 11.6. The number of carbonyl (C=O) groups is 1. The summed E-state index contributed by atoms with van der Waals surface area (Å²) in [5.41, 5.74) is 1.87. The Labute approximate surface area is 121 Å². The van der Waals surface area contributed by atoms with Crippen LogP contribution in [-0.4, -0.2) is 33.6 Å². The van der Waals surface area contributed by atoms with Crippen LogP contribution in [0.15, 0.2) is 24.3 Å². The van der Waals surface area contributed by atoms with Gasteiger partial charge in [0.05, 0.1) is 11.4 Å². The zero-order valence-electron chi connectivity index (χ0n) is 10.9.